The quantitative estimate of drug-likeness (QED) is 0.552. The Hall–Kier alpha value is -2.58. The van der Waals surface area contributed by atoms with Gasteiger partial charge in [-0.1, -0.05) is 6.07 Å². The highest BCUT2D eigenvalue weighted by atomic mass is 32.1. The van der Waals surface area contributed by atoms with Gasteiger partial charge in [-0.2, -0.15) is 0 Å². The Morgan fingerprint density at radius 1 is 1.27 bits per heavy atom. The molecule has 0 radical (unpaired) electrons. The molecule has 0 aliphatic rings. The predicted molar refractivity (Wildman–Crippen MR) is 98.7 cm³/mol. The second kappa shape index (κ2) is 8.20. The first-order valence-electron chi connectivity index (χ1n) is 8.20. The molecule has 7 nitrogen and oxygen atoms in total. The third kappa shape index (κ3) is 4.14. The van der Waals surface area contributed by atoms with Crippen molar-refractivity contribution in [3.05, 3.63) is 47.0 Å². The second-order valence-corrected chi connectivity index (χ2v) is 6.07. The summed E-state index contributed by atoms with van der Waals surface area (Å²) in [7, 11) is 3.61. The molecule has 0 amide bonds. The van der Waals surface area contributed by atoms with E-state index in [-0.39, 0.29) is 0 Å². The highest BCUT2D eigenvalue weighted by Crippen LogP contribution is 2.28. The molecule has 26 heavy (non-hydrogen) atoms. The Bertz CT molecular complexity index is 902. The normalized spacial score (nSPS) is 11.1. The van der Waals surface area contributed by atoms with Gasteiger partial charge in [0, 0.05) is 6.54 Å². The lowest BCUT2D eigenvalue weighted by molar-refractivity contribution is 0.240. The van der Waals surface area contributed by atoms with Crippen molar-refractivity contribution < 1.29 is 18.3 Å². The molecule has 0 aliphatic carbocycles. The van der Waals surface area contributed by atoms with E-state index < -0.39 is 0 Å². The van der Waals surface area contributed by atoms with Gasteiger partial charge in [-0.05, 0) is 56.0 Å². The summed E-state index contributed by atoms with van der Waals surface area (Å²) in [6.45, 7) is 3.71. The zero-order chi connectivity index (χ0) is 18.5. The standard InChI is InChI=1S/C18H21N3O4S/c1-4-23-14-8-7-13(10-16(14)22-3)11-20(2)12-21-18(26)25-17(19-21)15-6-5-9-24-15/h5-10H,4,11-12H2,1-3H3. The van der Waals surface area contributed by atoms with Gasteiger partial charge in [0.05, 0.1) is 26.6 Å². The molecule has 3 aromatic rings. The van der Waals surface area contributed by atoms with Crippen LogP contribution >= 0.6 is 12.2 Å². The highest BCUT2D eigenvalue weighted by molar-refractivity contribution is 7.71. The third-order valence-electron chi connectivity index (χ3n) is 3.69. The van der Waals surface area contributed by atoms with Crippen LogP contribution in [0.4, 0.5) is 0 Å². The van der Waals surface area contributed by atoms with Crippen LogP contribution in [0.25, 0.3) is 11.7 Å². The first-order chi connectivity index (χ1) is 12.6. The summed E-state index contributed by atoms with van der Waals surface area (Å²) >= 11 is 5.24. The summed E-state index contributed by atoms with van der Waals surface area (Å²) in [5.74, 6) is 2.38. The van der Waals surface area contributed by atoms with Crippen LogP contribution < -0.4 is 9.47 Å². The summed E-state index contributed by atoms with van der Waals surface area (Å²) in [5, 5.41) is 4.37. The monoisotopic (exact) mass is 375 g/mol. The fraction of sp³-hybridized carbons (Fsp3) is 0.333. The van der Waals surface area contributed by atoms with Gasteiger partial charge in [0.15, 0.2) is 17.3 Å². The topological polar surface area (TPSA) is 65.8 Å². The zero-order valence-corrected chi connectivity index (χ0v) is 15.8. The Labute approximate surface area is 156 Å². The summed E-state index contributed by atoms with van der Waals surface area (Å²) < 4.78 is 23.4. The van der Waals surface area contributed by atoms with Crippen molar-refractivity contribution in [2.45, 2.75) is 20.1 Å². The summed E-state index contributed by atoms with van der Waals surface area (Å²) in [6, 6.07) is 9.46. The molecule has 0 atom stereocenters. The van der Waals surface area contributed by atoms with Gasteiger partial charge in [0.2, 0.25) is 0 Å². The zero-order valence-electron chi connectivity index (χ0n) is 15.0. The van der Waals surface area contributed by atoms with E-state index in [4.69, 9.17) is 30.5 Å². The van der Waals surface area contributed by atoms with Crippen molar-refractivity contribution in [1.82, 2.24) is 14.7 Å². The SMILES string of the molecule is CCOc1ccc(CN(C)Cn2nc(-c3ccco3)oc2=S)cc1OC. The maximum absolute atomic E-state index is 5.55. The number of furan rings is 1. The van der Waals surface area contributed by atoms with E-state index in [1.54, 1.807) is 30.2 Å². The number of hydrogen-bond donors (Lipinski definition) is 0. The minimum Gasteiger partial charge on any atom is -0.493 e. The number of nitrogens with zero attached hydrogens (tertiary/aromatic N) is 3. The first kappa shape index (κ1) is 18.2. The van der Waals surface area contributed by atoms with Crippen molar-refractivity contribution in [3.8, 4) is 23.1 Å². The van der Waals surface area contributed by atoms with Crippen LogP contribution in [0.1, 0.15) is 12.5 Å². The van der Waals surface area contributed by atoms with E-state index in [1.165, 1.54) is 0 Å². The molecule has 0 spiro atoms. The van der Waals surface area contributed by atoms with Crippen molar-refractivity contribution in [2.75, 3.05) is 20.8 Å². The van der Waals surface area contributed by atoms with Crippen LogP contribution in [-0.2, 0) is 13.2 Å². The summed E-state index contributed by atoms with van der Waals surface area (Å²) in [4.78, 5) is 2.37. The summed E-state index contributed by atoms with van der Waals surface area (Å²) in [5.41, 5.74) is 1.09. The van der Waals surface area contributed by atoms with Crippen LogP contribution in [0.3, 0.4) is 0 Å². The molecule has 3 rings (SSSR count). The van der Waals surface area contributed by atoms with E-state index in [0.717, 1.165) is 17.1 Å². The number of aromatic nitrogens is 2. The number of methoxy groups -OCH3 is 1. The van der Waals surface area contributed by atoms with Crippen molar-refractivity contribution in [3.63, 3.8) is 0 Å². The first-order valence-corrected chi connectivity index (χ1v) is 8.61. The van der Waals surface area contributed by atoms with E-state index in [2.05, 4.69) is 10.00 Å². The van der Waals surface area contributed by atoms with E-state index >= 15 is 0 Å². The molecule has 1 aromatic carbocycles. The largest absolute Gasteiger partial charge is 0.493 e. The molecule has 2 aromatic heterocycles. The Balaban J connectivity index is 1.69. The molecular weight excluding hydrogens is 354 g/mol. The second-order valence-electron chi connectivity index (χ2n) is 5.72. The van der Waals surface area contributed by atoms with Crippen LogP contribution in [-0.4, -0.2) is 35.4 Å². The molecule has 0 fully saturated rings. The third-order valence-corrected chi connectivity index (χ3v) is 3.99. The Kier molecular flexibility index (Phi) is 5.75. The van der Waals surface area contributed by atoms with Gasteiger partial charge in [0.25, 0.3) is 10.7 Å². The maximum Gasteiger partial charge on any atom is 0.288 e. The van der Waals surface area contributed by atoms with Gasteiger partial charge < -0.3 is 18.3 Å². The average Bonchev–Trinajstić information content (AvgIpc) is 3.27. The summed E-state index contributed by atoms with van der Waals surface area (Å²) in [6.07, 6.45) is 1.57. The van der Waals surface area contributed by atoms with Crippen LogP contribution in [0.2, 0.25) is 0 Å². The molecule has 0 saturated carbocycles. The number of rotatable bonds is 8. The van der Waals surface area contributed by atoms with E-state index in [9.17, 15) is 0 Å². The van der Waals surface area contributed by atoms with Crippen LogP contribution in [0.15, 0.2) is 45.4 Å². The fourth-order valence-electron chi connectivity index (χ4n) is 2.57. The minimum atomic E-state index is 0.299. The molecular formula is C18H21N3O4S. The molecule has 0 unspecified atom stereocenters. The number of benzene rings is 1. The van der Waals surface area contributed by atoms with E-state index in [0.29, 0.717) is 36.3 Å². The predicted octanol–water partition coefficient (Wildman–Crippen LogP) is 3.96. The van der Waals surface area contributed by atoms with Crippen molar-refractivity contribution in [2.24, 2.45) is 0 Å². The average molecular weight is 375 g/mol. The van der Waals surface area contributed by atoms with Gasteiger partial charge in [-0.25, -0.2) is 4.68 Å². The number of ether oxygens (including phenoxy) is 2. The molecule has 2 heterocycles. The lowest BCUT2D eigenvalue weighted by Crippen LogP contribution is -2.22. The smallest absolute Gasteiger partial charge is 0.288 e. The fourth-order valence-corrected chi connectivity index (χ4v) is 2.75. The van der Waals surface area contributed by atoms with E-state index in [1.807, 2.05) is 32.2 Å². The van der Waals surface area contributed by atoms with Crippen LogP contribution in [0, 0.1) is 4.84 Å². The van der Waals surface area contributed by atoms with Gasteiger partial charge in [0.1, 0.15) is 0 Å². The highest BCUT2D eigenvalue weighted by Gasteiger charge is 2.13. The molecule has 8 heteroatoms. The Morgan fingerprint density at radius 3 is 2.81 bits per heavy atom. The van der Waals surface area contributed by atoms with Gasteiger partial charge >= 0.3 is 0 Å². The molecule has 0 aliphatic heterocycles. The van der Waals surface area contributed by atoms with Gasteiger partial charge in [-0.15, -0.1) is 5.10 Å². The molecule has 138 valence electrons. The van der Waals surface area contributed by atoms with Gasteiger partial charge in [-0.3, -0.25) is 4.90 Å². The maximum atomic E-state index is 5.55. The van der Waals surface area contributed by atoms with Crippen LogP contribution in [0.5, 0.6) is 11.5 Å². The van der Waals surface area contributed by atoms with Crippen molar-refractivity contribution in [1.29, 1.82) is 0 Å². The lowest BCUT2D eigenvalue weighted by atomic mass is 10.2. The lowest BCUT2D eigenvalue weighted by Gasteiger charge is -2.17. The number of hydrogen-bond acceptors (Lipinski definition) is 7. The molecule has 0 saturated heterocycles. The molecule has 0 N–H and O–H groups in total. The minimum absolute atomic E-state index is 0.299. The molecule has 0 bridgehead atoms. The van der Waals surface area contributed by atoms with Crippen molar-refractivity contribution >= 4 is 12.2 Å². The Morgan fingerprint density at radius 2 is 2.12 bits per heavy atom.